The van der Waals surface area contributed by atoms with Crippen LogP contribution in [0.4, 0.5) is 0 Å². The summed E-state index contributed by atoms with van der Waals surface area (Å²) >= 11 is 0. The molecule has 1 fully saturated rings. The fourth-order valence-electron chi connectivity index (χ4n) is 3.30. The monoisotopic (exact) mass is 367 g/mol. The zero-order valence-corrected chi connectivity index (χ0v) is 15.4. The van der Waals surface area contributed by atoms with Gasteiger partial charge in [0.15, 0.2) is 0 Å². The fraction of sp³-hybridized carbons (Fsp3) is 0.556. The maximum atomic E-state index is 12.3. The first-order valence-corrected chi connectivity index (χ1v) is 10.4. The Balaban J connectivity index is 2.06. The topological polar surface area (TPSA) is 101 Å². The van der Waals surface area contributed by atoms with Crippen molar-refractivity contribution in [2.24, 2.45) is 5.41 Å². The van der Waals surface area contributed by atoms with Crippen molar-refractivity contribution in [3.8, 4) is 0 Å². The number of carboxylic acids is 1. The second kappa shape index (κ2) is 7.15. The summed E-state index contributed by atoms with van der Waals surface area (Å²) in [7, 11) is -3.14. The van der Waals surface area contributed by atoms with Crippen LogP contribution in [0, 0.1) is 5.41 Å². The number of benzene rings is 1. The molecule has 138 valence electrons. The van der Waals surface area contributed by atoms with Crippen molar-refractivity contribution in [1.82, 2.24) is 5.32 Å². The smallest absolute Gasteiger partial charge is 0.315 e. The molecule has 1 aliphatic carbocycles. The van der Waals surface area contributed by atoms with Crippen LogP contribution in [-0.2, 0) is 24.8 Å². The molecule has 25 heavy (non-hydrogen) atoms. The summed E-state index contributed by atoms with van der Waals surface area (Å²) < 4.78 is 23.0. The molecule has 6 nitrogen and oxygen atoms in total. The number of carbonyl (C=O) groups excluding carboxylic acids is 1. The van der Waals surface area contributed by atoms with E-state index in [9.17, 15) is 23.1 Å². The molecule has 1 atom stereocenters. The van der Waals surface area contributed by atoms with Crippen LogP contribution in [-0.4, -0.2) is 44.0 Å². The highest BCUT2D eigenvalue weighted by Gasteiger charge is 2.47. The first kappa shape index (κ1) is 19.4. The lowest BCUT2D eigenvalue weighted by molar-refractivity contribution is -0.144. The lowest BCUT2D eigenvalue weighted by Gasteiger charge is -2.29. The Morgan fingerprint density at radius 2 is 1.84 bits per heavy atom. The molecule has 0 heterocycles. The van der Waals surface area contributed by atoms with Gasteiger partial charge in [0, 0.05) is 19.2 Å². The Morgan fingerprint density at radius 3 is 2.28 bits per heavy atom. The standard InChI is InChI=1S/C18H25NO5S/c1-3-18(16(21)22,14-7-5-4-6-8-14)12-19-15(20)11-17(9-10-17)13-25(2,23)24/h4-8H,3,9-13H2,1-2H3,(H,19,20)(H,21,22). The van der Waals surface area contributed by atoms with Crippen molar-refractivity contribution in [1.29, 1.82) is 0 Å². The van der Waals surface area contributed by atoms with E-state index >= 15 is 0 Å². The van der Waals surface area contributed by atoms with Gasteiger partial charge in [-0.2, -0.15) is 0 Å². The van der Waals surface area contributed by atoms with Gasteiger partial charge in [-0.3, -0.25) is 9.59 Å². The summed E-state index contributed by atoms with van der Waals surface area (Å²) in [4.78, 5) is 24.2. The zero-order valence-electron chi connectivity index (χ0n) is 14.6. The summed E-state index contributed by atoms with van der Waals surface area (Å²) in [6.45, 7) is 1.76. The summed E-state index contributed by atoms with van der Waals surface area (Å²) in [5.74, 6) is -1.28. The van der Waals surface area contributed by atoms with Gasteiger partial charge in [-0.1, -0.05) is 37.3 Å². The van der Waals surface area contributed by atoms with E-state index in [-0.39, 0.29) is 24.6 Å². The molecule has 2 N–H and O–H groups in total. The van der Waals surface area contributed by atoms with Gasteiger partial charge in [0.05, 0.1) is 5.75 Å². The molecule has 7 heteroatoms. The Hall–Kier alpha value is -1.89. The molecule has 0 aliphatic heterocycles. The van der Waals surface area contributed by atoms with Crippen LogP contribution in [0.15, 0.2) is 30.3 Å². The second-order valence-corrected chi connectivity index (χ2v) is 9.27. The number of amides is 1. The van der Waals surface area contributed by atoms with E-state index in [1.54, 1.807) is 31.2 Å². The maximum Gasteiger partial charge on any atom is 0.315 e. The molecule has 1 amide bonds. The van der Waals surface area contributed by atoms with Crippen LogP contribution < -0.4 is 5.32 Å². The molecule has 0 spiro atoms. The largest absolute Gasteiger partial charge is 0.481 e. The first-order valence-electron chi connectivity index (χ1n) is 8.36. The lowest BCUT2D eigenvalue weighted by atomic mass is 9.78. The molecule has 1 unspecified atom stereocenters. The highest BCUT2D eigenvalue weighted by Crippen LogP contribution is 2.49. The molecule has 1 saturated carbocycles. The molecule has 1 aromatic carbocycles. The Bertz CT molecular complexity index is 740. The van der Waals surface area contributed by atoms with Crippen molar-refractivity contribution in [3.63, 3.8) is 0 Å². The van der Waals surface area contributed by atoms with Crippen LogP contribution >= 0.6 is 0 Å². The van der Waals surface area contributed by atoms with Crippen molar-refractivity contribution in [2.75, 3.05) is 18.6 Å². The van der Waals surface area contributed by atoms with Crippen molar-refractivity contribution >= 4 is 21.7 Å². The molecular weight excluding hydrogens is 342 g/mol. The second-order valence-electron chi connectivity index (χ2n) is 7.13. The third-order valence-corrected chi connectivity index (χ3v) is 6.12. The molecule has 0 radical (unpaired) electrons. The number of sulfone groups is 1. The van der Waals surface area contributed by atoms with Crippen molar-refractivity contribution in [2.45, 2.75) is 38.0 Å². The normalized spacial score (nSPS) is 18.2. The van der Waals surface area contributed by atoms with E-state index in [2.05, 4.69) is 5.32 Å². The van der Waals surface area contributed by atoms with Gasteiger partial charge in [-0.15, -0.1) is 0 Å². The predicted molar refractivity (Wildman–Crippen MR) is 95.1 cm³/mol. The van der Waals surface area contributed by atoms with E-state index in [0.29, 0.717) is 24.8 Å². The number of carbonyl (C=O) groups is 2. The quantitative estimate of drug-likeness (QED) is 0.692. The number of hydrogen-bond donors (Lipinski definition) is 2. The van der Waals surface area contributed by atoms with Crippen LogP contribution in [0.25, 0.3) is 0 Å². The van der Waals surface area contributed by atoms with E-state index in [1.165, 1.54) is 6.26 Å². The molecular formula is C18H25NO5S. The van der Waals surface area contributed by atoms with Crippen LogP contribution in [0.1, 0.15) is 38.2 Å². The summed E-state index contributed by atoms with van der Waals surface area (Å²) in [5, 5.41) is 12.5. The summed E-state index contributed by atoms with van der Waals surface area (Å²) in [5.41, 5.74) is -1.02. The van der Waals surface area contributed by atoms with Crippen molar-refractivity contribution in [3.05, 3.63) is 35.9 Å². The van der Waals surface area contributed by atoms with E-state index in [4.69, 9.17) is 0 Å². The minimum Gasteiger partial charge on any atom is -0.481 e. The van der Waals surface area contributed by atoms with Gasteiger partial charge in [0.25, 0.3) is 0 Å². The molecule has 1 aliphatic rings. The average Bonchev–Trinajstić information content (AvgIpc) is 3.25. The SMILES string of the molecule is CCC(CNC(=O)CC1(CS(C)(=O)=O)CC1)(C(=O)O)c1ccccc1. The lowest BCUT2D eigenvalue weighted by Crippen LogP contribution is -2.46. The Morgan fingerprint density at radius 1 is 1.24 bits per heavy atom. The highest BCUT2D eigenvalue weighted by atomic mass is 32.2. The predicted octanol–water partition coefficient (Wildman–Crippen LogP) is 1.75. The first-order chi connectivity index (χ1) is 11.6. The summed E-state index contributed by atoms with van der Waals surface area (Å²) in [6.07, 6.45) is 3.05. The molecule has 0 bridgehead atoms. The average molecular weight is 367 g/mol. The number of hydrogen-bond acceptors (Lipinski definition) is 4. The Kier molecular flexibility index (Phi) is 5.56. The van der Waals surface area contributed by atoms with E-state index < -0.39 is 26.6 Å². The fourth-order valence-corrected chi connectivity index (χ4v) is 4.80. The van der Waals surface area contributed by atoms with Gasteiger partial charge in [0.1, 0.15) is 15.3 Å². The van der Waals surface area contributed by atoms with Crippen LogP contribution in [0.2, 0.25) is 0 Å². The molecule has 0 saturated heterocycles. The van der Waals surface area contributed by atoms with Gasteiger partial charge >= 0.3 is 5.97 Å². The van der Waals surface area contributed by atoms with Gasteiger partial charge in [-0.05, 0) is 30.2 Å². The summed E-state index contributed by atoms with van der Waals surface area (Å²) in [6, 6.07) is 8.85. The minimum absolute atomic E-state index is 0.00393. The van der Waals surface area contributed by atoms with Crippen molar-refractivity contribution < 1.29 is 23.1 Å². The van der Waals surface area contributed by atoms with E-state index in [1.807, 2.05) is 6.07 Å². The molecule has 1 aromatic rings. The molecule has 0 aromatic heterocycles. The van der Waals surface area contributed by atoms with Gasteiger partial charge in [0.2, 0.25) is 5.91 Å². The third kappa shape index (κ3) is 4.81. The number of carboxylic acid groups (broad SMARTS) is 1. The Labute approximate surface area is 148 Å². The minimum atomic E-state index is -3.14. The third-order valence-electron chi connectivity index (χ3n) is 4.99. The molecule has 2 rings (SSSR count). The number of rotatable bonds is 9. The maximum absolute atomic E-state index is 12.3. The van der Waals surface area contributed by atoms with Gasteiger partial charge < -0.3 is 10.4 Å². The van der Waals surface area contributed by atoms with Gasteiger partial charge in [-0.25, -0.2) is 8.42 Å². The zero-order chi connectivity index (χ0) is 18.7. The van der Waals surface area contributed by atoms with E-state index in [0.717, 1.165) is 0 Å². The van der Waals surface area contributed by atoms with Crippen LogP contribution in [0.3, 0.4) is 0 Å². The number of aliphatic carboxylic acids is 1. The number of nitrogens with one attached hydrogen (secondary N) is 1. The highest BCUT2D eigenvalue weighted by molar-refractivity contribution is 7.90. The van der Waals surface area contributed by atoms with Crippen LogP contribution in [0.5, 0.6) is 0 Å².